The van der Waals surface area contributed by atoms with E-state index in [1.807, 2.05) is 27.7 Å². The molecule has 0 radical (unpaired) electrons. The third-order valence-electron chi connectivity index (χ3n) is 10.2. The van der Waals surface area contributed by atoms with Crippen molar-refractivity contribution in [3.05, 3.63) is 0 Å². The molecule has 5 atom stereocenters. The van der Waals surface area contributed by atoms with Crippen LogP contribution < -0.4 is 21.7 Å². The van der Waals surface area contributed by atoms with Gasteiger partial charge in [-0.3, -0.25) is 19.2 Å². The molecule has 1 saturated heterocycles. The van der Waals surface area contributed by atoms with E-state index in [-0.39, 0.29) is 40.6 Å². The Morgan fingerprint density at radius 3 is 2.10 bits per heavy atom. The van der Waals surface area contributed by atoms with E-state index in [1.54, 1.807) is 4.90 Å². The van der Waals surface area contributed by atoms with Gasteiger partial charge in [0.25, 0.3) is 5.91 Å². The summed E-state index contributed by atoms with van der Waals surface area (Å²) in [4.78, 5) is 67.0. The van der Waals surface area contributed by atoms with Crippen LogP contribution in [0.1, 0.15) is 99.3 Å². The summed E-state index contributed by atoms with van der Waals surface area (Å²) in [6.45, 7) is 12.3. The smallest absolute Gasteiger partial charge is 0.315 e. The Balaban J connectivity index is 1.52. The van der Waals surface area contributed by atoms with E-state index in [0.29, 0.717) is 13.0 Å². The summed E-state index contributed by atoms with van der Waals surface area (Å²) >= 11 is 0. The van der Waals surface area contributed by atoms with Crippen LogP contribution in [-0.2, 0) is 19.2 Å². The summed E-state index contributed by atoms with van der Waals surface area (Å²) in [6.07, 6.45) is 8.40. The highest BCUT2D eigenvalue weighted by molar-refractivity contribution is 6.37. The van der Waals surface area contributed by atoms with Crippen molar-refractivity contribution in [2.24, 2.45) is 34.3 Å². The van der Waals surface area contributed by atoms with Gasteiger partial charge >= 0.3 is 6.03 Å². The molecule has 0 bridgehead atoms. The van der Waals surface area contributed by atoms with Gasteiger partial charge in [-0.05, 0) is 54.8 Å². The number of amides is 5. The largest absolute Gasteiger partial charge is 0.363 e. The molecule has 0 aromatic carbocycles. The summed E-state index contributed by atoms with van der Waals surface area (Å²) < 4.78 is 0. The van der Waals surface area contributed by atoms with Crippen molar-refractivity contribution in [2.75, 3.05) is 6.54 Å². The minimum atomic E-state index is -1.07. The fourth-order valence-electron chi connectivity index (χ4n) is 7.25. The topological polar surface area (TPSA) is 151 Å². The van der Waals surface area contributed by atoms with Crippen LogP contribution in [0.15, 0.2) is 0 Å². The molecule has 1 heterocycles. The van der Waals surface area contributed by atoms with Gasteiger partial charge in [0, 0.05) is 12.1 Å². The lowest BCUT2D eigenvalue weighted by molar-refractivity contribution is -0.145. The number of nitrogens with two attached hydrogens (primary N) is 1. The molecule has 5 amide bonds. The van der Waals surface area contributed by atoms with Crippen LogP contribution in [0.2, 0.25) is 0 Å². The van der Waals surface area contributed by atoms with Gasteiger partial charge in [0.05, 0.1) is 6.04 Å². The average molecular weight is 560 g/mol. The summed E-state index contributed by atoms with van der Waals surface area (Å²) in [5.74, 6) is -2.28. The van der Waals surface area contributed by atoms with Crippen molar-refractivity contribution in [3.8, 4) is 0 Å². The van der Waals surface area contributed by atoms with E-state index in [4.69, 9.17) is 5.73 Å². The lowest BCUT2D eigenvalue weighted by atomic mass is 9.80. The first-order valence-corrected chi connectivity index (χ1v) is 15.1. The lowest BCUT2D eigenvalue weighted by Crippen LogP contribution is -2.62. The number of ketones is 1. The fraction of sp³-hybridized carbons (Fsp3) is 0.833. The molecule has 3 unspecified atom stereocenters. The first-order valence-electron chi connectivity index (χ1n) is 15.1. The first-order chi connectivity index (χ1) is 18.5. The normalized spacial score (nSPS) is 28.4. The molecule has 10 nitrogen and oxygen atoms in total. The summed E-state index contributed by atoms with van der Waals surface area (Å²) in [5.41, 5.74) is 4.27. The van der Waals surface area contributed by atoms with Gasteiger partial charge in [0.1, 0.15) is 12.1 Å². The molecule has 4 fully saturated rings. The predicted molar refractivity (Wildman–Crippen MR) is 151 cm³/mol. The number of nitrogens with one attached hydrogen (secondary N) is 3. The average Bonchev–Trinajstić information content (AvgIpc) is 3.14. The number of Topliss-reactive ketones (excluding diaryl/α,β-unsaturated/α-hetero) is 1. The molecular formula is C30H49N5O5. The maximum absolute atomic E-state index is 14.1. The number of urea groups is 1. The number of nitrogens with zero attached hydrogens (tertiary/aromatic N) is 1. The van der Waals surface area contributed by atoms with Crippen LogP contribution in [-0.4, -0.2) is 64.6 Å². The minimum Gasteiger partial charge on any atom is -0.363 e. The van der Waals surface area contributed by atoms with Crippen LogP contribution in [0.25, 0.3) is 0 Å². The molecule has 224 valence electrons. The van der Waals surface area contributed by atoms with Crippen LogP contribution in [0, 0.1) is 28.6 Å². The van der Waals surface area contributed by atoms with E-state index >= 15 is 0 Å². The van der Waals surface area contributed by atoms with E-state index < -0.39 is 41.1 Å². The van der Waals surface area contributed by atoms with Crippen molar-refractivity contribution >= 4 is 29.5 Å². The van der Waals surface area contributed by atoms with Crippen molar-refractivity contribution in [3.63, 3.8) is 0 Å². The minimum absolute atomic E-state index is 0.0694. The monoisotopic (exact) mass is 559 g/mol. The van der Waals surface area contributed by atoms with Crippen molar-refractivity contribution in [1.82, 2.24) is 20.9 Å². The predicted octanol–water partition coefficient (Wildman–Crippen LogP) is 2.64. The maximum Gasteiger partial charge on any atom is 0.315 e. The second kappa shape index (κ2) is 11.0. The highest BCUT2D eigenvalue weighted by Gasteiger charge is 2.70. The standard InChI is InChI=1S/C30H49N5O5/c1-28(2,3)23(33-27(40)34-30(6)13-8-7-9-14-30)26(39)35-16-18-20(29(18,4)5)21(35)25(38)32-19(22(36)24(31)37)15-17-11-10-12-17/h17-21,23H,7-16H2,1-6H3,(H2,31,37)(H,32,38)(H2,33,34,40)/t18-,19?,20?,21-,23?/m0/s1. The molecule has 3 saturated carbocycles. The fourth-order valence-corrected chi connectivity index (χ4v) is 7.25. The van der Waals surface area contributed by atoms with Crippen molar-refractivity contribution < 1.29 is 24.0 Å². The number of piperidine rings is 1. The van der Waals surface area contributed by atoms with Gasteiger partial charge in [-0.25, -0.2) is 4.79 Å². The number of carbonyl (C=O) groups is 5. The zero-order chi connectivity index (χ0) is 29.6. The quantitative estimate of drug-likeness (QED) is 0.320. The number of hydrogen-bond acceptors (Lipinski definition) is 5. The van der Waals surface area contributed by atoms with Crippen molar-refractivity contribution in [1.29, 1.82) is 0 Å². The van der Waals surface area contributed by atoms with E-state index in [9.17, 15) is 24.0 Å². The number of primary amides is 1. The molecule has 40 heavy (non-hydrogen) atoms. The molecule has 0 aromatic heterocycles. The number of rotatable bonds is 9. The van der Waals surface area contributed by atoms with E-state index in [1.165, 1.54) is 0 Å². The molecule has 10 heteroatoms. The zero-order valence-electron chi connectivity index (χ0n) is 25.1. The molecule has 4 rings (SSSR count). The van der Waals surface area contributed by atoms with Crippen LogP contribution in [0.4, 0.5) is 4.79 Å². The molecular weight excluding hydrogens is 510 g/mol. The highest BCUT2D eigenvalue weighted by Crippen LogP contribution is 2.65. The zero-order valence-corrected chi connectivity index (χ0v) is 25.1. The van der Waals surface area contributed by atoms with Gasteiger partial charge in [-0.15, -0.1) is 0 Å². The Hall–Kier alpha value is -2.65. The van der Waals surface area contributed by atoms with E-state index in [2.05, 4.69) is 29.8 Å². The lowest BCUT2D eigenvalue weighted by Gasteiger charge is -2.39. The molecule has 0 spiro atoms. The van der Waals surface area contributed by atoms with Gasteiger partial charge in [-0.2, -0.15) is 0 Å². The Morgan fingerprint density at radius 2 is 1.57 bits per heavy atom. The van der Waals surface area contributed by atoms with Crippen LogP contribution in [0.3, 0.4) is 0 Å². The molecule has 5 N–H and O–H groups in total. The Labute approximate surface area is 238 Å². The van der Waals surface area contributed by atoms with Gasteiger partial charge in [-0.1, -0.05) is 73.1 Å². The first kappa shape index (κ1) is 30.3. The molecule has 0 aromatic rings. The third kappa shape index (κ3) is 6.15. The summed E-state index contributed by atoms with van der Waals surface area (Å²) in [7, 11) is 0. The molecule has 1 aliphatic heterocycles. The summed E-state index contributed by atoms with van der Waals surface area (Å²) in [5, 5.41) is 8.86. The van der Waals surface area contributed by atoms with Crippen LogP contribution in [0.5, 0.6) is 0 Å². The van der Waals surface area contributed by atoms with Gasteiger partial charge in [0.15, 0.2) is 0 Å². The Morgan fingerprint density at radius 1 is 0.950 bits per heavy atom. The molecule has 3 aliphatic carbocycles. The second-order valence-electron chi connectivity index (χ2n) is 14.7. The van der Waals surface area contributed by atoms with Crippen molar-refractivity contribution in [2.45, 2.75) is 123 Å². The third-order valence-corrected chi connectivity index (χ3v) is 10.2. The van der Waals surface area contributed by atoms with E-state index in [0.717, 1.165) is 51.4 Å². The van der Waals surface area contributed by atoms with Crippen LogP contribution >= 0.6 is 0 Å². The van der Waals surface area contributed by atoms with Gasteiger partial charge in [0.2, 0.25) is 17.6 Å². The number of fused-ring (bicyclic) bond motifs is 1. The number of likely N-dealkylation sites (tertiary alicyclic amines) is 1. The molecule has 4 aliphatic rings. The highest BCUT2D eigenvalue weighted by atomic mass is 16.2. The SMILES string of the molecule is CC1(NC(=O)NC(C(=O)N2C[C@H]3C([C@H]2C(=O)NC(CC2CCC2)C(=O)C(N)=O)C3(C)C)C(C)(C)C)CCCCC1. The second-order valence-corrected chi connectivity index (χ2v) is 14.7. The Bertz CT molecular complexity index is 1040. The number of hydrogen-bond donors (Lipinski definition) is 4. The maximum atomic E-state index is 14.1. The Kier molecular flexibility index (Phi) is 8.31. The summed E-state index contributed by atoms with van der Waals surface area (Å²) in [6, 6.07) is -3.01. The van der Waals surface area contributed by atoms with Gasteiger partial charge < -0.3 is 26.6 Å². The number of carbonyl (C=O) groups excluding carboxylic acids is 5.